The Kier molecular flexibility index (Phi) is 15.2. The van der Waals surface area contributed by atoms with Gasteiger partial charge in [0.25, 0.3) is 0 Å². The van der Waals surface area contributed by atoms with E-state index in [2.05, 4.69) is 36.6 Å². The summed E-state index contributed by atoms with van der Waals surface area (Å²) in [6, 6.07) is 4.26. The summed E-state index contributed by atoms with van der Waals surface area (Å²) in [5, 5.41) is 16.0. The van der Waals surface area contributed by atoms with Crippen LogP contribution in [-0.4, -0.2) is 107 Å². The molecule has 7 N–H and O–H groups in total. The molecule has 2 aromatic heterocycles. The molecular formula is C38H55N11O6S2. The van der Waals surface area contributed by atoms with Crippen molar-refractivity contribution in [2.24, 2.45) is 0 Å². The second kappa shape index (κ2) is 20.7. The fraction of sp³-hybridized carbons (Fsp3) is 0.605. The summed E-state index contributed by atoms with van der Waals surface area (Å²) in [4.78, 5) is 64.9. The van der Waals surface area contributed by atoms with Crippen LogP contribution < -0.4 is 46.7 Å². The fourth-order valence-electron chi connectivity index (χ4n) is 7.13. The van der Waals surface area contributed by atoms with Gasteiger partial charge in [0.05, 0.1) is 17.8 Å². The summed E-state index contributed by atoms with van der Waals surface area (Å²) in [5.74, 6) is 2.67. The van der Waals surface area contributed by atoms with Crippen molar-refractivity contribution in [3.05, 3.63) is 18.5 Å². The summed E-state index contributed by atoms with van der Waals surface area (Å²) < 4.78 is 13.1. The highest BCUT2D eigenvalue weighted by Gasteiger charge is 2.42. The highest BCUT2D eigenvalue weighted by Crippen LogP contribution is 2.44. The van der Waals surface area contributed by atoms with Crippen LogP contribution in [0.3, 0.4) is 0 Å². The number of unbranched alkanes of at least 4 members (excludes halogenated alkanes) is 5. The number of imidazole rings is 1. The molecule has 57 heavy (non-hydrogen) atoms. The Morgan fingerprint density at radius 3 is 2.23 bits per heavy atom. The minimum absolute atomic E-state index is 0.0320. The lowest BCUT2D eigenvalue weighted by atomic mass is 10.0. The van der Waals surface area contributed by atoms with Gasteiger partial charge in [-0.2, -0.15) is 11.8 Å². The van der Waals surface area contributed by atoms with Gasteiger partial charge >= 0.3 is 6.03 Å². The third kappa shape index (κ3) is 11.7. The van der Waals surface area contributed by atoms with Crippen LogP contribution in [0.2, 0.25) is 0 Å². The predicted octanol–water partition coefficient (Wildman–Crippen LogP) is 3.55. The topological polar surface area (TPSA) is 220 Å². The summed E-state index contributed by atoms with van der Waals surface area (Å²) in [6.07, 6.45) is 10.5. The van der Waals surface area contributed by atoms with E-state index in [0.29, 0.717) is 78.5 Å². The molecule has 5 amide bonds. The molecule has 17 nitrogen and oxygen atoms in total. The average Bonchev–Trinajstić information content (AvgIpc) is 3.97. The number of nitrogens with two attached hydrogens (primary N) is 1. The standard InChI is InChI=1S/C38H55N11O6S2/c1-48(2)25-19-26-27(55-23-54-26)20-29(25)57-38-47-34-35(39)43-22-44-36(34)49(38)18-17-42-32(52)13-6-4-10-15-40-30(50)12-5-3-9-16-41-31(51)14-8-7-11-28-33-24(21-56-28)45-37(53)46-33/h19-20,22,24,28,33H,3-18,21,23H2,1-2H3,(H,40,50)(H,41,51)(H,42,52)(H2,39,43,44)(H2,45,46,53)/t24-,28?,33-/m0/s1. The van der Waals surface area contributed by atoms with Crippen LogP contribution in [0.4, 0.5) is 16.3 Å². The number of benzene rings is 1. The van der Waals surface area contributed by atoms with Gasteiger partial charge in [-0.3, -0.25) is 14.4 Å². The molecule has 310 valence electrons. The number of thioether (sulfide) groups is 1. The van der Waals surface area contributed by atoms with Gasteiger partial charge in [-0.1, -0.05) is 19.3 Å². The largest absolute Gasteiger partial charge is 0.454 e. The summed E-state index contributed by atoms with van der Waals surface area (Å²) in [5.41, 5.74) is 8.19. The van der Waals surface area contributed by atoms with E-state index in [0.717, 1.165) is 74.1 Å². The summed E-state index contributed by atoms with van der Waals surface area (Å²) >= 11 is 3.35. The normalized spacial score (nSPS) is 17.9. The second-order valence-corrected chi connectivity index (χ2v) is 17.0. The number of ether oxygens (including phenoxy) is 2. The number of fused-ring (bicyclic) bond motifs is 3. The van der Waals surface area contributed by atoms with Gasteiger partial charge in [0.15, 0.2) is 33.6 Å². The van der Waals surface area contributed by atoms with E-state index in [4.69, 9.17) is 20.2 Å². The molecule has 2 saturated heterocycles. The van der Waals surface area contributed by atoms with E-state index < -0.39 is 0 Å². The molecule has 0 spiro atoms. The van der Waals surface area contributed by atoms with E-state index in [1.165, 1.54) is 18.1 Å². The Morgan fingerprint density at radius 1 is 0.895 bits per heavy atom. The van der Waals surface area contributed by atoms with Crippen molar-refractivity contribution in [1.29, 1.82) is 0 Å². The minimum Gasteiger partial charge on any atom is -0.454 e. The van der Waals surface area contributed by atoms with Crippen molar-refractivity contribution in [2.75, 3.05) is 56.9 Å². The van der Waals surface area contributed by atoms with Gasteiger partial charge < -0.3 is 51.3 Å². The first-order valence-corrected chi connectivity index (χ1v) is 21.8. The highest BCUT2D eigenvalue weighted by molar-refractivity contribution is 8.00. The molecule has 3 aliphatic rings. The lowest BCUT2D eigenvalue weighted by molar-refractivity contribution is -0.122. The van der Waals surface area contributed by atoms with Crippen LogP contribution in [0.15, 0.2) is 28.5 Å². The fourth-order valence-corrected chi connectivity index (χ4v) is 9.81. The van der Waals surface area contributed by atoms with Gasteiger partial charge in [-0.25, -0.2) is 19.7 Å². The summed E-state index contributed by atoms with van der Waals surface area (Å²) in [7, 11) is 3.92. The number of carbonyl (C=O) groups is 4. The van der Waals surface area contributed by atoms with Gasteiger partial charge in [0.2, 0.25) is 24.5 Å². The first-order valence-electron chi connectivity index (χ1n) is 19.9. The number of carbonyl (C=O) groups excluding carboxylic acids is 4. The maximum atomic E-state index is 12.7. The van der Waals surface area contributed by atoms with Crippen molar-refractivity contribution in [1.82, 2.24) is 46.1 Å². The Labute approximate surface area is 341 Å². The van der Waals surface area contributed by atoms with Crippen molar-refractivity contribution >= 4 is 69.9 Å². The molecule has 3 atom stereocenters. The van der Waals surface area contributed by atoms with Crippen LogP contribution in [0.5, 0.6) is 11.5 Å². The zero-order chi connectivity index (χ0) is 40.1. The molecule has 6 rings (SSSR count). The van der Waals surface area contributed by atoms with Crippen molar-refractivity contribution in [3.8, 4) is 11.5 Å². The molecule has 19 heteroatoms. The molecule has 5 heterocycles. The van der Waals surface area contributed by atoms with E-state index in [9.17, 15) is 19.2 Å². The Morgan fingerprint density at radius 2 is 1.54 bits per heavy atom. The van der Waals surface area contributed by atoms with Crippen LogP contribution >= 0.6 is 23.5 Å². The molecule has 2 fully saturated rings. The van der Waals surface area contributed by atoms with Crippen molar-refractivity contribution in [3.63, 3.8) is 0 Å². The maximum absolute atomic E-state index is 12.7. The molecule has 3 aromatic rings. The van der Waals surface area contributed by atoms with Crippen molar-refractivity contribution in [2.45, 2.75) is 111 Å². The van der Waals surface area contributed by atoms with Gasteiger partial charge in [0, 0.05) is 87.6 Å². The van der Waals surface area contributed by atoms with Gasteiger partial charge in [0.1, 0.15) is 6.33 Å². The molecule has 1 unspecified atom stereocenters. The third-order valence-corrected chi connectivity index (χ3v) is 12.8. The number of urea groups is 1. The zero-order valence-corrected chi connectivity index (χ0v) is 34.4. The van der Waals surface area contributed by atoms with Crippen LogP contribution in [0.25, 0.3) is 11.2 Å². The Bertz CT molecular complexity index is 1880. The van der Waals surface area contributed by atoms with E-state index in [1.807, 2.05) is 47.5 Å². The maximum Gasteiger partial charge on any atom is 0.315 e. The van der Waals surface area contributed by atoms with E-state index >= 15 is 0 Å². The summed E-state index contributed by atoms with van der Waals surface area (Å²) in [6.45, 7) is 2.20. The Hall–Kier alpha value is -4.65. The molecule has 0 radical (unpaired) electrons. The molecule has 1 aromatic carbocycles. The lowest BCUT2D eigenvalue weighted by Gasteiger charge is -2.18. The monoisotopic (exact) mass is 825 g/mol. The molecular weight excluding hydrogens is 771 g/mol. The van der Waals surface area contributed by atoms with Gasteiger partial charge in [-0.05, 0) is 50.3 Å². The number of amides is 5. The van der Waals surface area contributed by atoms with Crippen molar-refractivity contribution < 1.29 is 28.7 Å². The Balaban J connectivity index is 0.792. The number of anilines is 2. The quantitative estimate of drug-likeness (QED) is 0.0596. The number of hydrogen-bond acceptors (Lipinski definition) is 13. The lowest BCUT2D eigenvalue weighted by Crippen LogP contribution is -2.36. The second-order valence-electron chi connectivity index (χ2n) is 14.7. The van der Waals surface area contributed by atoms with Crippen LogP contribution in [-0.2, 0) is 20.9 Å². The van der Waals surface area contributed by atoms with E-state index in [-0.39, 0.29) is 48.4 Å². The average molecular weight is 826 g/mol. The SMILES string of the molecule is CN(C)c1cc2c(cc1Sc1nc3c(N)ncnc3n1CCNC(=O)CCCCCNC(=O)CCCCCNC(=O)CCCCC1SC[C@@H]3NC(=O)N[C@H]13)OCO2. The molecule has 3 aliphatic heterocycles. The number of hydrogen-bond donors (Lipinski definition) is 6. The minimum atomic E-state index is -0.0661. The first-order chi connectivity index (χ1) is 27.7. The number of rotatable bonds is 23. The number of nitrogens with zero attached hydrogens (tertiary/aromatic N) is 5. The smallest absolute Gasteiger partial charge is 0.315 e. The van der Waals surface area contributed by atoms with Crippen LogP contribution in [0, 0.1) is 0 Å². The number of nitrogen functional groups attached to an aromatic ring is 1. The molecule has 0 bridgehead atoms. The number of nitrogens with one attached hydrogen (secondary N) is 5. The van der Waals surface area contributed by atoms with Crippen LogP contribution in [0.1, 0.15) is 77.0 Å². The zero-order valence-electron chi connectivity index (χ0n) is 32.8. The molecule has 0 saturated carbocycles. The molecule has 0 aliphatic carbocycles. The number of aromatic nitrogens is 4. The first kappa shape index (κ1) is 42.0. The third-order valence-electron chi connectivity index (χ3n) is 10.2. The predicted molar refractivity (Wildman–Crippen MR) is 221 cm³/mol. The highest BCUT2D eigenvalue weighted by atomic mass is 32.2. The van der Waals surface area contributed by atoms with E-state index in [1.54, 1.807) is 0 Å². The van der Waals surface area contributed by atoms with Gasteiger partial charge in [-0.15, -0.1) is 0 Å².